The molecule has 2 heterocycles. The fourth-order valence-electron chi connectivity index (χ4n) is 4.29. The van der Waals surface area contributed by atoms with E-state index in [1.807, 2.05) is 80.6 Å². The number of carbonyl (C=O) groups is 1. The monoisotopic (exact) mass is 437 g/mol. The Morgan fingerprint density at radius 3 is 2.24 bits per heavy atom. The first-order chi connectivity index (χ1) is 16.0. The van der Waals surface area contributed by atoms with Gasteiger partial charge in [0.1, 0.15) is 16.9 Å². The molecule has 0 radical (unpaired) electrons. The zero-order chi connectivity index (χ0) is 22.9. The van der Waals surface area contributed by atoms with Gasteiger partial charge >= 0.3 is 5.63 Å². The molecule has 164 valence electrons. The second-order valence-electron chi connectivity index (χ2n) is 8.18. The summed E-state index contributed by atoms with van der Waals surface area (Å²) in [7, 11) is 0. The molecule has 0 unspecified atom stereocenters. The van der Waals surface area contributed by atoms with Gasteiger partial charge in [-0.25, -0.2) is 4.79 Å². The van der Waals surface area contributed by atoms with Crippen molar-refractivity contribution in [3.8, 4) is 11.1 Å². The van der Waals surface area contributed by atoms with Gasteiger partial charge in [-0.05, 0) is 36.6 Å². The quantitative estimate of drug-likeness (QED) is 0.359. The minimum absolute atomic E-state index is 0.0368. The van der Waals surface area contributed by atoms with Crippen molar-refractivity contribution < 1.29 is 13.6 Å². The van der Waals surface area contributed by atoms with Crippen LogP contribution in [0, 0.1) is 13.8 Å². The number of benzene rings is 3. The zero-order valence-electron chi connectivity index (χ0n) is 18.5. The van der Waals surface area contributed by atoms with Gasteiger partial charge < -0.3 is 14.2 Å². The number of furan rings is 1. The number of aryl methyl sites for hydroxylation is 2. The van der Waals surface area contributed by atoms with Gasteiger partial charge in [0.2, 0.25) is 5.91 Å². The smallest absolute Gasteiger partial charge is 0.340 e. The maximum atomic E-state index is 12.7. The fraction of sp³-hybridized carbons (Fsp3) is 0.143. The molecule has 0 aliphatic carbocycles. The van der Waals surface area contributed by atoms with E-state index >= 15 is 0 Å². The number of fused-ring (bicyclic) bond motifs is 2. The van der Waals surface area contributed by atoms with E-state index in [0.717, 1.165) is 38.8 Å². The maximum Gasteiger partial charge on any atom is 0.340 e. The van der Waals surface area contributed by atoms with Gasteiger partial charge in [-0.2, -0.15) is 0 Å². The van der Waals surface area contributed by atoms with Crippen LogP contribution in [0.15, 0.2) is 86.4 Å². The van der Waals surface area contributed by atoms with E-state index in [4.69, 9.17) is 8.83 Å². The lowest BCUT2D eigenvalue weighted by Gasteiger charge is -2.09. The molecule has 0 fully saturated rings. The second-order valence-corrected chi connectivity index (χ2v) is 8.18. The Balaban J connectivity index is 1.53. The number of hydrogen-bond donors (Lipinski definition) is 1. The highest BCUT2D eigenvalue weighted by Gasteiger charge is 2.19. The summed E-state index contributed by atoms with van der Waals surface area (Å²) in [4.78, 5) is 25.3. The van der Waals surface area contributed by atoms with E-state index in [0.29, 0.717) is 23.3 Å². The molecule has 5 nitrogen and oxygen atoms in total. The van der Waals surface area contributed by atoms with Crippen LogP contribution in [0.2, 0.25) is 0 Å². The lowest BCUT2D eigenvalue weighted by Crippen LogP contribution is -2.27. The molecular formula is C28H23NO4. The van der Waals surface area contributed by atoms with Gasteiger partial charge in [-0.1, -0.05) is 60.7 Å². The summed E-state index contributed by atoms with van der Waals surface area (Å²) in [6.45, 7) is 4.20. The van der Waals surface area contributed by atoms with Crippen LogP contribution < -0.4 is 10.9 Å². The predicted octanol–water partition coefficient (Wildman–Crippen LogP) is 5.68. The van der Waals surface area contributed by atoms with Gasteiger partial charge in [0.25, 0.3) is 0 Å². The molecule has 1 N–H and O–H groups in total. The van der Waals surface area contributed by atoms with Gasteiger partial charge in [-0.15, -0.1) is 0 Å². The van der Waals surface area contributed by atoms with Crippen molar-refractivity contribution in [2.45, 2.75) is 26.8 Å². The fourth-order valence-corrected chi connectivity index (χ4v) is 4.29. The van der Waals surface area contributed by atoms with Crippen molar-refractivity contribution in [2.24, 2.45) is 0 Å². The van der Waals surface area contributed by atoms with Gasteiger partial charge in [-0.3, -0.25) is 4.79 Å². The van der Waals surface area contributed by atoms with Gasteiger partial charge in [0.05, 0.1) is 12.0 Å². The van der Waals surface area contributed by atoms with Gasteiger partial charge in [0.15, 0.2) is 0 Å². The average Bonchev–Trinajstić information content (AvgIpc) is 3.15. The van der Waals surface area contributed by atoms with Crippen molar-refractivity contribution in [1.82, 2.24) is 5.32 Å². The van der Waals surface area contributed by atoms with E-state index in [9.17, 15) is 9.59 Å². The van der Waals surface area contributed by atoms with E-state index in [-0.39, 0.29) is 12.3 Å². The molecule has 0 aliphatic rings. The molecule has 3 aromatic carbocycles. The Morgan fingerprint density at radius 2 is 1.52 bits per heavy atom. The lowest BCUT2D eigenvalue weighted by atomic mass is 9.98. The number of nitrogens with one attached hydrogen (secondary N) is 1. The predicted molar refractivity (Wildman–Crippen MR) is 129 cm³/mol. The molecule has 33 heavy (non-hydrogen) atoms. The lowest BCUT2D eigenvalue weighted by molar-refractivity contribution is -0.120. The summed E-state index contributed by atoms with van der Waals surface area (Å²) >= 11 is 0. The largest absolute Gasteiger partial charge is 0.461 e. The summed E-state index contributed by atoms with van der Waals surface area (Å²) in [5, 5.41) is 4.62. The molecule has 5 heteroatoms. The molecule has 0 spiro atoms. The van der Waals surface area contributed by atoms with Crippen LogP contribution in [0.4, 0.5) is 0 Å². The molecular weight excluding hydrogens is 414 g/mol. The molecule has 5 rings (SSSR count). The van der Waals surface area contributed by atoms with Crippen LogP contribution >= 0.6 is 0 Å². The highest BCUT2D eigenvalue weighted by molar-refractivity contribution is 6.03. The molecule has 0 bridgehead atoms. The minimum atomic E-state index is -0.499. The van der Waals surface area contributed by atoms with Crippen LogP contribution in [0.25, 0.3) is 33.1 Å². The normalized spacial score (nSPS) is 11.2. The molecule has 0 aliphatic heterocycles. The third kappa shape index (κ3) is 3.94. The van der Waals surface area contributed by atoms with Crippen molar-refractivity contribution in [2.75, 3.05) is 0 Å². The SMILES string of the molecule is Cc1oc2cc3oc(=O)c(CC(=O)NCc4ccccc4)c(C)c3cc2c1-c1ccccc1. The number of amides is 1. The Morgan fingerprint density at radius 1 is 0.848 bits per heavy atom. The van der Waals surface area contributed by atoms with E-state index in [1.165, 1.54) is 0 Å². The van der Waals surface area contributed by atoms with Crippen LogP contribution in [0.1, 0.15) is 22.5 Å². The Hall–Kier alpha value is -4.12. The Bertz CT molecular complexity index is 1530. The van der Waals surface area contributed by atoms with E-state index in [1.54, 1.807) is 6.07 Å². The Labute approximate surface area is 190 Å². The van der Waals surface area contributed by atoms with Crippen molar-refractivity contribution >= 4 is 27.8 Å². The second kappa shape index (κ2) is 8.43. The molecule has 1 amide bonds. The molecule has 0 saturated heterocycles. The minimum Gasteiger partial charge on any atom is -0.461 e. The summed E-state index contributed by atoms with van der Waals surface area (Å²) in [5.41, 5.74) is 4.80. The van der Waals surface area contributed by atoms with Crippen molar-refractivity contribution in [3.63, 3.8) is 0 Å². The van der Waals surface area contributed by atoms with Crippen LogP contribution in [0.3, 0.4) is 0 Å². The number of carbonyl (C=O) groups excluding carboxylic acids is 1. The van der Waals surface area contributed by atoms with Crippen LogP contribution in [0.5, 0.6) is 0 Å². The summed E-state index contributed by atoms with van der Waals surface area (Å²) < 4.78 is 11.6. The van der Waals surface area contributed by atoms with Crippen LogP contribution in [-0.4, -0.2) is 5.91 Å². The first kappa shape index (κ1) is 20.8. The Kier molecular flexibility index (Phi) is 5.31. The average molecular weight is 437 g/mol. The van der Waals surface area contributed by atoms with Crippen LogP contribution in [-0.2, 0) is 17.8 Å². The molecule has 2 aromatic heterocycles. The molecule has 0 atom stereocenters. The first-order valence-corrected chi connectivity index (χ1v) is 10.9. The summed E-state index contributed by atoms with van der Waals surface area (Å²) in [5.74, 6) is 0.575. The highest BCUT2D eigenvalue weighted by Crippen LogP contribution is 2.37. The summed E-state index contributed by atoms with van der Waals surface area (Å²) in [6.07, 6.45) is -0.0368. The number of hydrogen-bond acceptors (Lipinski definition) is 4. The van der Waals surface area contributed by atoms with Gasteiger partial charge in [0, 0.05) is 28.9 Å². The maximum absolute atomic E-state index is 12.7. The van der Waals surface area contributed by atoms with Crippen molar-refractivity contribution in [3.05, 3.63) is 106 Å². The first-order valence-electron chi connectivity index (χ1n) is 10.9. The molecule has 0 saturated carbocycles. The van der Waals surface area contributed by atoms with Crippen molar-refractivity contribution in [1.29, 1.82) is 0 Å². The third-order valence-corrected chi connectivity index (χ3v) is 6.00. The molecule has 5 aromatic rings. The third-order valence-electron chi connectivity index (χ3n) is 6.00. The topological polar surface area (TPSA) is 72.5 Å². The van der Waals surface area contributed by atoms with E-state index < -0.39 is 5.63 Å². The summed E-state index contributed by atoms with van der Waals surface area (Å²) in [6, 6.07) is 23.5. The zero-order valence-corrected chi connectivity index (χ0v) is 18.5. The highest BCUT2D eigenvalue weighted by atomic mass is 16.4. The number of rotatable bonds is 5. The van der Waals surface area contributed by atoms with E-state index in [2.05, 4.69) is 5.32 Å². The standard InChI is InChI=1S/C28H23NO4/c1-17-21-13-23-25(32-18(2)27(23)20-11-7-4-8-12-20)15-24(21)33-28(31)22(17)14-26(30)29-16-19-9-5-3-6-10-19/h3-13,15H,14,16H2,1-2H3,(H,29,30).